The van der Waals surface area contributed by atoms with Crippen molar-refractivity contribution in [2.75, 3.05) is 24.2 Å². The quantitative estimate of drug-likeness (QED) is 0.833. The highest BCUT2D eigenvalue weighted by Gasteiger charge is 2.23. The van der Waals surface area contributed by atoms with Gasteiger partial charge < -0.3 is 16.0 Å². The first kappa shape index (κ1) is 12.2. The normalized spacial score (nSPS) is 14.5. The van der Waals surface area contributed by atoms with E-state index in [2.05, 4.69) is 21.2 Å². The minimum Gasteiger partial charge on any atom is -0.397 e. The van der Waals surface area contributed by atoms with Crippen LogP contribution < -0.4 is 16.0 Å². The van der Waals surface area contributed by atoms with Crippen LogP contribution in [-0.2, 0) is 4.79 Å². The molecule has 4 nitrogen and oxygen atoms in total. The highest BCUT2D eigenvalue weighted by molar-refractivity contribution is 9.10. The summed E-state index contributed by atoms with van der Waals surface area (Å²) in [5.41, 5.74) is 7.43. The smallest absolute Gasteiger partial charge is 0.239 e. The lowest BCUT2D eigenvalue weighted by molar-refractivity contribution is -0.119. The summed E-state index contributed by atoms with van der Waals surface area (Å²) in [6.07, 6.45) is 2.21. The van der Waals surface area contributed by atoms with Crippen LogP contribution in [0.25, 0.3) is 0 Å². The molecule has 92 valence electrons. The Kier molecular flexibility index (Phi) is 3.57. The molecule has 0 spiro atoms. The number of carbonyl (C=O) groups is 1. The maximum absolute atomic E-state index is 11.7. The second kappa shape index (κ2) is 4.96. The highest BCUT2D eigenvalue weighted by atomic mass is 79.9. The summed E-state index contributed by atoms with van der Waals surface area (Å²) in [5.74, 6) is 0.0503. The van der Waals surface area contributed by atoms with Crippen LogP contribution in [0.3, 0.4) is 0 Å². The number of rotatable bonds is 4. The van der Waals surface area contributed by atoms with Crippen molar-refractivity contribution in [2.24, 2.45) is 0 Å². The third-order valence-corrected chi connectivity index (χ3v) is 3.22. The van der Waals surface area contributed by atoms with Crippen LogP contribution in [0.5, 0.6) is 0 Å². The van der Waals surface area contributed by atoms with Gasteiger partial charge in [0.1, 0.15) is 0 Å². The number of anilines is 2. The Bertz CT molecular complexity index is 432. The Morgan fingerprint density at radius 2 is 2.29 bits per heavy atom. The summed E-state index contributed by atoms with van der Waals surface area (Å²) >= 11 is 3.40. The summed E-state index contributed by atoms with van der Waals surface area (Å²) in [4.78, 5) is 13.5. The zero-order chi connectivity index (χ0) is 12.4. The molecule has 2 rings (SSSR count). The minimum atomic E-state index is 0.0503. The topological polar surface area (TPSA) is 58.4 Å². The van der Waals surface area contributed by atoms with E-state index in [4.69, 9.17) is 5.73 Å². The highest BCUT2D eigenvalue weighted by Crippen LogP contribution is 2.26. The first-order valence-corrected chi connectivity index (χ1v) is 6.41. The van der Waals surface area contributed by atoms with Gasteiger partial charge in [0.15, 0.2) is 0 Å². The molecule has 0 aliphatic heterocycles. The van der Waals surface area contributed by atoms with Gasteiger partial charge in [0.05, 0.1) is 17.9 Å². The molecule has 17 heavy (non-hydrogen) atoms. The number of nitrogen functional groups attached to an aromatic ring is 1. The maximum atomic E-state index is 11.7. The Hall–Kier alpha value is -1.23. The Balaban J connectivity index is 1.99. The molecule has 1 aliphatic carbocycles. The zero-order valence-corrected chi connectivity index (χ0v) is 11.3. The van der Waals surface area contributed by atoms with Crippen molar-refractivity contribution in [1.29, 1.82) is 0 Å². The molecule has 1 fully saturated rings. The van der Waals surface area contributed by atoms with E-state index in [1.165, 1.54) is 0 Å². The zero-order valence-electron chi connectivity index (χ0n) is 9.74. The van der Waals surface area contributed by atoms with Crippen molar-refractivity contribution >= 4 is 33.2 Å². The van der Waals surface area contributed by atoms with Crippen molar-refractivity contribution in [3.63, 3.8) is 0 Å². The van der Waals surface area contributed by atoms with Crippen molar-refractivity contribution in [2.45, 2.75) is 18.9 Å². The fourth-order valence-electron chi connectivity index (χ4n) is 1.65. The second-order valence-electron chi connectivity index (χ2n) is 4.40. The number of hydrogen-bond acceptors (Lipinski definition) is 3. The lowest BCUT2D eigenvalue weighted by Gasteiger charge is -2.20. The first-order chi connectivity index (χ1) is 8.06. The van der Waals surface area contributed by atoms with Gasteiger partial charge in [0.25, 0.3) is 0 Å². The van der Waals surface area contributed by atoms with E-state index in [1.54, 1.807) is 0 Å². The molecule has 0 radical (unpaired) electrons. The number of amides is 1. The van der Waals surface area contributed by atoms with E-state index in [-0.39, 0.29) is 5.91 Å². The number of hydrogen-bond donors (Lipinski definition) is 2. The predicted octanol–water partition coefficient (Wildman–Crippen LogP) is 1.75. The maximum Gasteiger partial charge on any atom is 0.239 e. The summed E-state index contributed by atoms with van der Waals surface area (Å²) < 4.78 is 0.955. The molecule has 1 aliphatic rings. The molecule has 1 amide bonds. The summed E-state index contributed by atoms with van der Waals surface area (Å²) in [7, 11) is 1.87. The molecular formula is C12H16BrN3O. The number of nitrogens with one attached hydrogen (secondary N) is 1. The summed E-state index contributed by atoms with van der Waals surface area (Å²) in [5, 5.41) is 2.96. The Morgan fingerprint density at radius 1 is 1.59 bits per heavy atom. The van der Waals surface area contributed by atoms with Crippen LogP contribution in [0.1, 0.15) is 12.8 Å². The monoisotopic (exact) mass is 297 g/mol. The van der Waals surface area contributed by atoms with Gasteiger partial charge in [-0.3, -0.25) is 4.79 Å². The van der Waals surface area contributed by atoms with Gasteiger partial charge >= 0.3 is 0 Å². The summed E-state index contributed by atoms with van der Waals surface area (Å²) in [6.45, 7) is 0.331. The molecule has 1 aromatic carbocycles. The lowest BCUT2D eigenvalue weighted by atomic mass is 10.2. The van der Waals surface area contributed by atoms with E-state index in [0.29, 0.717) is 18.3 Å². The van der Waals surface area contributed by atoms with Gasteiger partial charge in [-0.2, -0.15) is 0 Å². The van der Waals surface area contributed by atoms with Gasteiger partial charge in [-0.1, -0.05) is 15.9 Å². The number of nitrogens with zero attached hydrogens (tertiary/aromatic N) is 1. The van der Waals surface area contributed by atoms with Crippen molar-refractivity contribution in [1.82, 2.24) is 5.32 Å². The third-order valence-electron chi connectivity index (χ3n) is 2.73. The molecule has 0 heterocycles. The van der Waals surface area contributed by atoms with Crippen molar-refractivity contribution < 1.29 is 4.79 Å². The van der Waals surface area contributed by atoms with E-state index < -0.39 is 0 Å². The Labute approximate surface area is 109 Å². The van der Waals surface area contributed by atoms with Gasteiger partial charge in [-0.05, 0) is 31.0 Å². The molecular weight excluding hydrogens is 282 g/mol. The number of nitrogens with two attached hydrogens (primary N) is 1. The van der Waals surface area contributed by atoms with Crippen molar-refractivity contribution in [3.8, 4) is 0 Å². The largest absolute Gasteiger partial charge is 0.397 e. The molecule has 0 bridgehead atoms. The molecule has 0 atom stereocenters. The van der Waals surface area contributed by atoms with Gasteiger partial charge in [0, 0.05) is 17.6 Å². The molecule has 5 heteroatoms. The average Bonchev–Trinajstić information content (AvgIpc) is 3.05. The number of carbonyl (C=O) groups excluding carboxylic acids is 1. The van der Waals surface area contributed by atoms with E-state index in [9.17, 15) is 4.79 Å². The molecule has 1 saturated carbocycles. The lowest BCUT2D eigenvalue weighted by Crippen LogP contribution is -2.36. The van der Waals surface area contributed by atoms with E-state index in [0.717, 1.165) is 23.0 Å². The van der Waals surface area contributed by atoms with Crippen LogP contribution in [-0.4, -0.2) is 25.5 Å². The van der Waals surface area contributed by atoms with Crippen LogP contribution in [0, 0.1) is 0 Å². The summed E-state index contributed by atoms with van der Waals surface area (Å²) in [6, 6.07) is 6.03. The van der Waals surface area contributed by atoms with E-state index in [1.807, 2.05) is 30.1 Å². The van der Waals surface area contributed by atoms with Crippen LogP contribution in [0.4, 0.5) is 11.4 Å². The Morgan fingerprint density at radius 3 is 2.94 bits per heavy atom. The van der Waals surface area contributed by atoms with Gasteiger partial charge in [-0.15, -0.1) is 0 Å². The van der Waals surface area contributed by atoms with Crippen LogP contribution in [0.15, 0.2) is 22.7 Å². The number of benzene rings is 1. The number of likely N-dealkylation sites (N-methyl/N-ethyl adjacent to an activating group) is 1. The van der Waals surface area contributed by atoms with E-state index >= 15 is 0 Å². The second-order valence-corrected chi connectivity index (χ2v) is 5.32. The number of halogens is 1. The molecule has 0 unspecified atom stereocenters. The molecule has 0 saturated heterocycles. The fraction of sp³-hybridized carbons (Fsp3) is 0.417. The first-order valence-electron chi connectivity index (χ1n) is 5.62. The average molecular weight is 298 g/mol. The molecule has 0 aromatic heterocycles. The molecule has 1 aromatic rings. The fourth-order valence-corrected chi connectivity index (χ4v) is 2.00. The van der Waals surface area contributed by atoms with Crippen molar-refractivity contribution in [3.05, 3.63) is 22.7 Å². The standard InChI is InChI=1S/C12H16BrN3O/c1-16(7-12(17)15-9-3-4-9)11-6-8(13)2-5-10(11)14/h2,5-6,9H,3-4,7,14H2,1H3,(H,15,17). The van der Waals surface area contributed by atoms with Gasteiger partial charge in [-0.25, -0.2) is 0 Å². The third kappa shape index (κ3) is 3.36. The predicted molar refractivity (Wildman–Crippen MR) is 73.0 cm³/mol. The van der Waals surface area contributed by atoms with Crippen LogP contribution >= 0.6 is 15.9 Å². The van der Waals surface area contributed by atoms with Gasteiger partial charge in [0.2, 0.25) is 5.91 Å². The molecule has 3 N–H and O–H groups in total. The minimum absolute atomic E-state index is 0.0503. The van der Waals surface area contributed by atoms with Crippen LogP contribution in [0.2, 0.25) is 0 Å². The SMILES string of the molecule is CN(CC(=O)NC1CC1)c1cc(Br)ccc1N.